The Hall–Kier alpha value is -1.36. The lowest BCUT2D eigenvalue weighted by Gasteiger charge is -2.37. The van der Waals surface area contributed by atoms with Gasteiger partial charge in [0.1, 0.15) is 0 Å². The molecule has 2 amide bonds. The first-order valence-electron chi connectivity index (χ1n) is 8.53. The van der Waals surface area contributed by atoms with Gasteiger partial charge in [-0.2, -0.15) is 0 Å². The minimum atomic E-state index is 0.0122. The Balaban J connectivity index is 2.67. The van der Waals surface area contributed by atoms with Crippen molar-refractivity contribution in [2.24, 2.45) is 23.7 Å². The van der Waals surface area contributed by atoms with Crippen molar-refractivity contribution in [1.82, 2.24) is 10.6 Å². The molecule has 0 aromatic heterocycles. The average molecular weight is 324 g/mol. The monoisotopic (exact) mass is 324 g/mol. The van der Waals surface area contributed by atoms with Gasteiger partial charge in [-0.25, -0.2) is 0 Å². The van der Waals surface area contributed by atoms with E-state index in [1.807, 2.05) is 0 Å². The number of ether oxygens (including phenoxy) is 1. The molecule has 2 N–H and O–H groups in total. The first-order chi connectivity index (χ1) is 10.8. The number of rotatable bonds is 8. The number of carbonyl (C=O) groups is 2. The topological polar surface area (TPSA) is 67.4 Å². The van der Waals surface area contributed by atoms with Crippen molar-refractivity contribution in [2.75, 3.05) is 26.8 Å². The van der Waals surface area contributed by atoms with Crippen LogP contribution in [0.5, 0.6) is 0 Å². The van der Waals surface area contributed by atoms with E-state index < -0.39 is 0 Å². The Morgan fingerprint density at radius 1 is 1.35 bits per heavy atom. The van der Waals surface area contributed by atoms with E-state index in [9.17, 15) is 9.59 Å². The summed E-state index contributed by atoms with van der Waals surface area (Å²) in [6, 6.07) is 0. The van der Waals surface area contributed by atoms with Gasteiger partial charge in [-0.1, -0.05) is 25.5 Å². The summed E-state index contributed by atoms with van der Waals surface area (Å²) in [5.41, 5.74) is 1.26. The fourth-order valence-corrected chi connectivity index (χ4v) is 3.36. The summed E-state index contributed by atoms with van der Waals surface area (Å²) in [6.45, 7) is 9.87. The second-order valence-corrected chi connectivity index (χ2v) is 6.90. The Labute approximate surface area is 140 Å². The molecule has 0 saturated carbocycles. The third-order valence-electron chi connectivity index (χ3n) is 4.73. The van der Waals surface area contributed by atoms with Crippen molar-refractivity contribution >= 4 is 11.8 Å². The molecular weight excluding hydrogens is 292 g/mol. The van der Waals surface area contributed by atoms with E-state index >= 15 is 0 Å². The van der Waals surface area contributed by atoms with Crippen LogP contribution in [-0.2, 0) is 14.3 Å². The van der Waals surface area contributed by atoms with Crippen LogP contribution in [0.3, 0.4) is 0 Å². The molecule has 0 aliphatic heterocycles. The normalized spacial score (nSPS) is 24.3. The Kier molecular flexibility index (Phi) is 8.31. The minimum Gasteiger partial charge on any atom is -0.383 e. The fraction of sp³-hybridized carbons (Fsp3) is 0.778. The zero-order chi connectivity index (χ0) is 17.4. The number of allylic oxidation sites excluding steroid dienone is 1. The molecule has 23 heavy (non-hydrogen) atoms. The Bertz CT molecular complexity index is 432. The molecule has 1 aliphatic rings. The van der Waals surface area contributed by atoms with Crippen molar-refractivity contribution in [2.45, 2.75) is 40.5 Å². The SMILES string of the molecule is COCCNC(=O)C[C@@H]1C[C@@H](C(C)C)[C@H](CNC(C)=O)C=C1C. The quantitative estimate of drug-likeness (QED) is 0.531. The Morgan fingerprint density at radius 3 is 2.61 bits per heavy atom. The van der Waals surface area contributed by atoms with Gasteiger partial charge >= 0.3 is 0 Å². The van der Waals surface area contributed by atoms with Crippen LogP contribution < -0.4 is 10.6 Å². The molecule has 0 fully saturated rings. The van der Waals surface area contributed by atoms with E-state index in [0.717, 1.165) is 6.42 Å². The van der Waals surface area contributed by atoms with Crippen LogP contribution in [-0.4, -0.2) is 38.6 Å². The van der Waals surface area contributed by atoms with E-state index in [-0.39, 0.29) is 11.8 Å². The third-order valence-corrected chi connectivity index (χ3v) is 4.73. The van der Waals surface area contributed by atoms with E-state index in [2.05, 4.69) is 37.5 Å². The van der Waals surface area contributed by atoms with Gasteiger partial charge in [0.05, 0.1) is 6.61 Å². The maximum absolute atomic E-state index is 12.1. The zero-order valence-corrected chi connectivity index (χ0v) is 15.1. The molecule has 0 saturated heterocycles. The molecule has 3 atom stereocenters. The van der Waals surface area contributed by atoms with Crippen molar-refractivity contribution < 1.29 is 14.3 Å². The van der Waals surface area contributed by atoms with Gasteiger partial charge < -0.3 is 15.4 Å². The minimum absolute atomic E-state index is 0.0122. The fourth-order valence-electron chi connectivity index (χ4n) is 3.36. The second kappa shape index (κ2) is 9.71. The molecule has 0 radical (unpaired) electrons. The van der Waals surface area contributed by atoms with Crippen LogP contribution in [0.2, 0.25) is 0 Å². The van der Waals surface area contributed by atoms with Crippen molar-refractivity contribution in [3.63, 3.8) is 0 Å². The van der Waals surface area contributed by atoms with Crippen molar-refractivity contribution in [3.8, 4) is 0 Å². The number of methoxy groups -OCH3 is 1. The molecule has 0 heterocycles. The van der Waals surface area contributed by atoms with Crippen LogP contribution in [0.15, 0.2) is 11.6 Å². The van der Waals surface area contributed by atoms with Gasteiger partial charge in [-0.05, 0) is 37.0 Å². The summed E-state index contributed by atoms with van der Waals surface area (Å²) >= 11 is 0. The molecule has 0 aromatic carbocycles. The molecule has 5 nitrogen and oxygen atoms in total. The van der Waals surface area contributed by atoms with Crippen LogP contribution in [0.25, 0.3) is 0 Å². The van der Waals surface area contributed by atoms with Gasteiger partial charge in [0.2, 0.25) is 11.8 Å². The van der Waals surface area contributed by atoms with Crippen molar-refractivity contribution in [3.05, 3.63) is 11.6 Å². The zero-order valence-electron chi connectivity index (χ0n) is 15.1. The second-order valence-electron chi connectivity index (χ2n) is 6.90. The van der Waals surface area contributed by atoms with E-state index in [1.54, 1.807) is 14.0 Å². The number of nitrogens with one attached hydrogen (secondary N) is 2. The smallest absolute Gasteiger partial charge is 0.220 e. The Morgan fingerprint density at radius 2 is 2.04 bits per heavy atom. The number of hydrogen-bond acceptors (Lipinski definition) is 3. The molecule has 132 valence electrons. The van der Waals surface area contributed by atoms with Gasteiger partial charge in [0.15, 0.2) is 0 Å². The summed E-state index contributed by atoms with van der Waals surface area (Å²) in [5, 5.41) is 5.83. The summed E-state index contributed by atoms with van der Waals surface area (Å²) in [7, 11) is 1.63. The van der Waals surface area contributed by atoms with Gasteiger partial charge in [-0.3, -0.25) is 9.59 Å². The van der Waals surface area contributed by atoms with Crippen LogP contribution in [0.1, 0.15) is 40.5 Å². The molecule has 0 bridgehead atoms. The van der Waals surface area contributed by atoms with Crippen LogP contribution in [0, 0.1) is 23.7 Å². The molecule has 1 rings (SSSR count). The van der Waals surface area contributed by atoms with E-state index in [1.165, 1.54) is 5.57 Å². The third kappa shape index (κ3) is 6.73. The summed E-state index contributed by atoms with van der Waals surface area (Å²) in [5.74, 6) is 1.76. The lowest BCUT2D eigenvalue weighted by atomic mass is 9.69. The first kappa shape index (κ1) is 19.7. The number of hydrogen-bond donors (Lipinski definition) is 2. The largest absolute Gasteiger partial charge is 0.383 e. The predicted molar refractivity (Wildman–Crippen MR) is 91.9 cm³/mol. The molecule has 5 heteroatoms. The van der Waals surface area contributed by atoms with Crippen molar-refractivity contribution in [1.29, 1.82) is 0 Å². The van der Waals surface area contributed by atoms with Gasteiger partial charge in [0, 0.05) is 33.5 Å². The average Bonchev–Trinajstić information content (AvgIpc) is 2.47. The molecule has 0 spiro atoms. The lowest BCUT2D eigenvalue weighted by Crippen LogP contribution is -2.37. The van der Waals surface area contributed by atoms with Crippen LogP contribution >= 0.6 is 0 Å². The van der Waals surface area contributed by atoms with Crippen LogP contribution in [0.4, 0.5) is 0 Å². The molecule has 1 aliphatic carbocycles. The number of carbonyl (C=O) groups excluding carboxylic acids is 2. The standard InChI is InChI=1S/C18H32N2O3/c1-12(2)17-9-15(10-18(22)19-6-7-23-5)13(3)8-16(17)11-20-14(4)21/h8,12,15-17H,6-7,9-11H2,1-5H3,(H,19,22)(H,20,21)/t15-,16-,17-/m0/s1. The van der Waals surface area contributed by atoms with E-state index in [4.69, 9.17) is 4.74 Å². The molecule has 0 unspecified atom stereocenters. The number of amides is 2. The highest BCUT2D eigenvalue weighted by Crippen LogP contribution is 2.38. The lowest BCUT2D eigenvalue weighted by molar-refractivity contribution is -0.122. The maximum atomic E-state index is 12.1. The predicted octanol–water partition coefficient (Wildman–Crippen LogP) is 2.13. The highest BCUT2D eigenvalue weighted by atomic mass is 16.5. The highest BCUT2D eigenvalue weighted by Gasteiger charge is 2.32. The summed E-state index contributed by atoms with van der Waals surface area (Å²) in [6.07, 6.45) is 3.79. The summed E-state index contributed by atoms with van der Waals surface area (Å²) in [4.78, 5) is 23.2. The maximum Gasteiger partial charge on any atom is 0.220 e. The van der Waals surface area contributed by atoms with Gasteiger partial charge in [-0.15, -0.1) is 0 Å². The van der Waals surface area contributed by atoms with E-state index in [0.29, 0.717) is 49.8 Å². The molecular formula is C18H32N2O3. The van der Waals surface area contributed by atoms with Gasteiger partial charge in [0.25, 0.3) is 0 Å². The highest BCUT2D eigenvalue weighted by molar-refractivity contribution is 5.76. The molecule has 0 aromatic rings. The first-order valence-corrected chi connectivity index (χ1v) is 8.53. The summed E-state index contributed by atoms with van der Waals surface area (Å²) < 4.78 is 4.95.